The largest absolute Gasteiger partial charge is 0.147 e. The minimum atomic E-state index is -2.11. The predicted molar refractivity (Wildman–Crippen MR) is 228 cm³/mol. The van der Waals surface area contributed by atoms with E-state index in [1.807, 2.05) is 0 Å². The predicted octanol–water partition coefficient (Wildman–Crippen LogP) is 10.1. The summed E-state index contributed by atoms with van der Waals surface area (Å²) in [7, 11) is -4.21. The zero-order chi connectivity index (χ0) is 32.8. The van der Waals surface area contributed by atoms with Crippen LogP contribution in [0.5, 0.6) is 0 Å². The summed E-state index contributed by atoms with van der Waals surface area (Å²) in [4.78, 5) is 0. The van der Waals surface area contributed by atoms with Gasteiger partial charge in [-0.15, -0.1) is 24.8 Å². The highest BCUT2D eigenvalue weighted by molar-refractivity contribution is 7.95. The molecular weight excluding hydrogens is 685 g/mol. The molecule has 0 radical (unpaired) electrons. The SMILES string of the molecule is Cc1cc(C[P+](c2ccccc2)(c2ccccc2)c2ccccc2)c(C[P+](c2ccccc2)(c2ccccc2)c2ccccc2)cc1C.Cl.Cl. The minimum Gasteiger partial charge on any atom is -0.147 e. The van der Waals surface area contributed by atoms with E-state index in [0.29, 0.717) is 0 Å². The maximum Gasteiger partial charge on any atom is 0.116 e. The number of benzene rings is 7. The van der Waals surface area contributed by atoms with Crippen LogP contribution in [-0.4, -0.2) is 0 Å². The van der Waals surface area contributed by atoms with Gasteiger partial charge in [-0.05, 0) is 109 Å². The van der Waals surface area contributed by atoms with E-state index >= 15 is 0 Å². The maximum atomic E-state index is 2.52. The normalized spacial score (nSPS) is 11.2. The fourth-order valence-electron chi connectivity index (χ4n) is 7.28. The van der Waals surface area contributed by atoms with Gasteiger partial charge in [-0.25, -0.2) is 0 Å². The average molecular weight is 730 g/mol. The van der Waals surface area contributed by atoms with E-state index in [1.54, 1.807) is 0 Å². The van der Waals surface area contributed by atoms with E-state index in [1.165, 1.54) is 54.1 Å². The van der Waals surface area contributed by atoms with Crippen LogP contribution in [0, 0.1) is 13.8 Å². The van der Waals surface area contributed by atoms with E-state index in [0.717, 1.165) is 12.3 Å². The molecule has 0 saturated carbocycles. The number of rotatable bonds is 10. The van der Waals surface area contributed by atoms with Crippen molar-refractivity contribution in [1.29, 1.82) is 0 Å². The monoisotopic (exact) mass is 728 g/mol. The van der Waals surface area contributed by atoms with Gasteiger partial charge in [0.2, 0.25) is 0 Å². The number of hydrogen-bond donors (Lipinski definition) is 0. The van der Waals surface area contributed by atoms with Gasteiger partial charge in [-0.2, -0.15) is 0 Å². The second kappa shape index (κ2) is 16.8. The summed E-state index contributed by atoms with van der Waals surface area (Å²) < 4.78 is 0. The smallest absolute Gasteiger partial charge is 0.116 e. The van der Waals surface area contributed by atoms with Crippen LogP contribution >= 0.6 is 39.3 Å². The van der Waals surface area contributed by atoms with E-state index in [9.17, 15) is 0 Å². The molecule has 7 aromatic rings. The summed E-state index contributed by atoms with van der Waals surface area (Å²) in [5.74, 6) is 0. The molecule has 0 nitrogen and oxygen atoms in total. The Balaban J connectivity index is 0.00000243. The summed E-state index contributed by atoms with van der Waals surface area (Å²) in [6.07, 6.45) is 1.92. The van der Waals surface area contributed by atoms with Crippen molar-refractivity contribution >= 4 is 71.2 Å². The quantitative estimate of drug-likeness (QED) is 0.123. The molecule has 0 aliphatic carbocycles. The third-order valence-corrected chi connectivity index (χ3v) is 18.5. The third kappa shape index (κ3) is 7.23. The Bertz CT molecular complexity index is 1720. The first-order chi connectivity index (χ1) is 23.6. The van der Waals surface area contributed by atoms with E-state index in [2.05, 4.69) is 208 Å². The summed E-state index contributed by atoms with van der Waals surface area (Å²) in [6, 6.07) is 72.9. The van der Waals surface area contributed by atoms with Crippen molar-refractivity contribution < 1.29 is 0 Å². The van der Waals surface area contributed by atoms with Crippen LogP contribution < -0.4 is 31.8 Å². The molecule has 0 aliphatic rings. The van der Waals surface area contributed by atoms with Crippen LogP contribution in [0.2, 0.25) is 0 Å². The van der Waals surface area contributed by atoms with Crippen LogP contribution in [0.3, 0.4) is 0 Å². The standard InChI is InChI=1S/C46H42P2.2ClH/c1-37-33-39(35-47(41-21-9-3-10-22-41,42-23-11-4-12-24-42)43-25-13-5-14-26-43)40(34-38(37)2)36-48(44-27-15-6-16-28-44,45-29-17-7-18-30-45)46-31-19-8-20-32-46;;/h3-34H,35-36H2,1-2H3;2*1H/q+2;;. The highest BCUT2D eigenvalue weighted by Gasteiger charge is 2.49. The Hall–Kier alpha value is -4.02. The molecule has 0 aromatic heterocycles. The van der Waals surface area contributed by atoms with E-state index in [4.69, 9.17) is 0 Å². The van der Waals surface area contributed by atoms with Gasteiger partial charge in [-0.1, -0.05) is 121 Å². The van der Waals surface area contributed by atoms with Gasteiger partial charge in [0.1, 0.15) is 46.4 Å². The van der Waals surface area contributed by atoms with Gasteiger partial charge in [0, 0.05) is 0 Å². The van der Waals surface area contributed by atoms with Crippen molar-refractivity contribution in [2.24, 2.45) is 0 Å². The molecule has 4 heteroatoms. The molecule has 0 fully saturated rings. The molecule has 50 heavy (non-hydrogen) atoms. The Morgan fingerprint density at radius 1 is 0.300 bits per heavy atom. The van der Waals surface area contributed by atoms with Crippen LogP contribution in [0.4, 0.5) is 0 Å². The fourth-order valence-corrected chi connectivity index (χ4v) is 15.9. The van der Waals surface area contributed by atoms with Gasteiger partial charge < -0.3 is 0 Å². The molecule has 0 bridgehead atoms. The summed E-state index contributed by atoms with van der Waals surface area (Å²) in [5.41, 5.74) is 5.61. The summed E-state index contributed by atoms with van der Waals surface area (Å²) >= 11 is 0. The van der Waals surface area contributed by atoms with Crippen molar-refractivity contribution in [3.05, 3.63) is 216 Å². The average Bonchev–Trinajstić information content (AvgIpc) is 3.16. The van der Waals surface area contributed by atoms with Crippen molar-refractivity contribution in [2.75, 3.05) is 0 Å². The Kier molecular flexibility index (Phi) is 12.5. The topological polar surface area (TPSA) is 0 Å². The number of aryl methyl sites for hydroxylation is 2. The second-order valence-corrected chi connectivity index (χ2v) is 19.6. The summed E-state index contributed by atoms with van der Waals surface area (Å²) in [6.45, 7) is 4.56. The lowest BCUT2D eigenvalue weighted by Crippen LogP contribution is -2.34. The molecular formula is C46H44Cl2P2+2. The zero-order valence-electron chi connectivity index (χ0n) is 28.6. The summed E-state index contributed by atoms with van der Waals surface area (Å²) in [5, 5.41) is 8.51. The molecule has 0 atom stereocenters. The van der Waals surface area contributed by atoms with E-state index in [-0.39, 0.29) is 24.8 Å². The van der Waals surface area contributed by atoms with E-state index < -0.39 is 14.5 Å². The molecule has 0 unspecified atom stereocenters. The molecule has 0 saturated heterocycles. The van der Waals surface area contributed by atoms with Crippen LogP contribution in [-0.2, 0) is 12.3 Å². The van der Waals surface area contributed by atoms with Gasteiger partial charge in [0.05, 0.1) is 12.3 Å². The first kappa shape index (κ1) is 37.2. The van der Waals surface area contributed by atoms with Crippen molar-refractivity contribution in [3.8, 4) is 0 Å². The Morgan fingerprint density at radius 2 is 0.480 bits per heavy atom. The van der Waals surface area contributed by atoms with Gasteiger partial charge in [0.15, 0.2) is 0 Å². The number of halogens is 2. The lowest BCUT2D eigenvalue weighted by atomic mass is 10.0. The van der Waals surface area contributed by atoms with Crippen LogP contribution in [0.25, 0.3) is 0 Å². The first-order valence-corrected chi connectivity index (χ1v) is 20.7. The number of hydrogen-bond acceptors (Lipinski definition) is 0. The van der Waals surface area contributed by atoms with Gasteiger partial charge in [-0.3, -0.25) is 0 Å². The highest BCUT2D eigenvalue weighted by Crippen LogP contribution is 2.62. The molecule has 250 valence electrons. The molecule has 0 heterocycles. The third-order valence-electron chi connectivity index (χ3n) is 9.81. The van der Waals surface area contributed by atoms with Crippen molar-refractivity contribution in [2.45, 2.75) is 26.2 Å². The Labute approximate surface area is 312 Å². The van der Waals surface area contributed by atoms with Gasteiger partial charge >= 0.3 is 0 Å². The molecule has 0 aliphatic heterocycles. The molecule has 7 aromatic carbocycles. The lowest BCUT2D eigenvalue weighted by Gasteiger charge is -2.31. The van der Waals surface area contributed by atoms with Crippen LogP contribution in [0.15, 0.2) is 194 Å². The van der Waals surface area contributed by atoms with Crippen molar-refractivity contribution in [1.82, 2.24) is 0 Å². The molecule has 0 spiro atoms. The molecule has 7 rings (SSSR count). The minimum absolute atomic E-state index is 0. The van der Waals surface area contributed by atoms with Crippen molar-refractivity contribution in [3.63, 3.8) is 0 Å². The van der Waals surface area contributed by atoms with Crippen LogP contribution in [0.1, 0.15) is 22.3 Å². The molecule has 0 amide bonds. The first-order valence-electron chi connectivity index (χ1n) is 16.8. The van der Waals surface area contributed by atoms with Gasteiger partial charge in [0.25, 0.3) is 0 Å². The Morgan fingerprint density at radius 3 is 0.660 bits per heavy atom. The molecule has 0 N–H and O–H groups in total. The lowest BCUT2D eigenvalue weighted by molar-refractivity contribution is 1.20. The second-order valence-electron chi connectivity index (χ2n) is 12.7. The zero-order valence-corrected chi connectivity index (χ0v) is 32.0. The highest BCUT2D eigenvalue weighted by atomic mass is 35.5. The maximum absolute atomic E-state index is 2.52. The fraction of sp³-hybridized carbons (Fsp3) is 0.0870.